The standard InChI is InChI=1S/C17H24N2O3/c1-17(2)14-12(6-5-9-21-14)15(17)22-16(20)11-7-8-18-13(10-11)19(3)4/h7-8,10,12,14-15H,5-6,9H2,1-4H3/t12-,14-,15-/m1/s1. The molecule has 1 aliphatic carbocycles. The maximum atomic E-state index is 12.5. The Morgan fingerprint density at radius 1 is 1.45 bits per heavy atom. The first-order chi connectivity index (χ1) is 10.4. The number of pyridine rings is 1. The van der Waals surface area contributed by atoms with E-state index in [1.807, 2.05) is 19.0 Å². The SMILES string of the molecule is CN(C)c1cc(C(=O)O[C@@H]2[C@@H]3CCCO[C@H]3C2(C)C)ccn1. The summed E-state index contributed by atoms with van der Waals surface area (Å²) in [4.78, 5) is 18.6. The molecule has 0 N–H and O–H groups in total. The van der Waals surface area contributed by atoms with Gasteiger partial charge >= 0.3 is 5.97 Å². The molecule has 0 radical (unpaired) electrons. The second kappa shape index (κ2) is 5.54. The zero-order valence-corrected chi connectivity index (χ0v) is 13.7. The molecule has 1 saturated heterocycles. The van der Waals surface area contributed by atoms with Gasteiger partial charge in [-0.2, -0.15) is 0 Å². The van der Waals surface area contributed by atoms with E-state index in [1.165, 1.54) is 0 Å². The summed E-state index contributed by atoms with van der Waals surface area (Å²) in [5.41, 5.74) is 0.438. The van der Waals surface area contributed by atoms with Crippen LogP contribution in [0, 0.1) is 11.3 Å². The zero-order chi connectivity index (χ0) is 15.9. The fourth-order valence-electron chi connectivity index (χ4n) is 3.69. The van der Waals surface area contributed by atoms with Crippen LogP contribution in [0.3, 0.4) is 0 Å². The summed E-state index contributed by atoms with van der Waals surface area (Å²) in [6.45, 7) is 5.06. The van der Waals surface area contributed by atoms with Gasteiger partial charge in [0.1, 0.15) is 11.9 Å². The van der Waals surface area contributed by atoms with Gasteiger partial charge in [-0.3, -0.25) is 0 Å². The van der Waals surface area contributed by atoms with Crippen molar-refractivity contribution in [2.75, 3.05) is 25.6 Å². The number of carbonyl (C=O) groups excluding carboxylic acids is 1. The van der Waals surface area contributed by atoms with Gasteiger partial charge in [0.05, 0.1) is 11.7 Å². The van der Waals surface area contributed by atoms with Gasteiger partial charge in [-0.25, -0.2) is 9.78 Å². The number of hydrogen-bond donors (Lipinski definition) is 0. The average Bonchev–Trinajstić information content (AvgIpc) is 2.52. The van der Waals surface area contributed by atoms with Crippen molar-refractivity contribution >= 4 is 11.8 Å². The van der Waals surface area contributed by atoms with Gasteiger partial charge < -0.3 is 14.4 Å². The summed E-state index contributed by atoms with van der Waals surface area (Å²) in [6.07, 6.45) is 3.91. The second-order valence-corrected chi connectivity index (χ2v) is 7.04. The molecule has 0 aromatic carbocycles. The maximum absolute atomic E-state index is 12.5. The summed E-state index contributed by atoms with van der Waals surface area (Å²) in [5, 5.41) is 0. The highest BCUT2D eigenvalue weighted by atomic mass is 16.6. The highest BCUT2D eigenvalue weighted by Gasteiger charge is 2.60. The van der Waals surface area contributed by atoms with Gasteiger partial charge in [0.15, 0.2) is 0 Å². The third-order valence-corrected chi connectivity index (χ3v) is 4.90. The quantitative estimate of drug-likeness (QED) is 0.803. The molecule has 5 nitrogen and oxygen atoms in total. The van der Waals surface area contributed by atoms with Crippen LogP contribution in [-0.2, 0) is 9.47 Å². The average molecular weight is 304 g/mol. The molecular weight excluding hydrogens is 280 g/mol. The van der Waals surface area contributed by atoms with Crippen LogP contribution in [-0.4, -0.2) is 43.9 Å². The van der Waals surface area contributed by atoms with Crippen molar-refractivity contribution in [1.29, 1.82) is 0 Å². The Hall–Kier alpha value is -1.62. The molecule has 0 bridgehead atoms. The van der Waals surface area contributed by atoms with E-state index < -0.39 is 0 Å². The van der Waals surface area contributed by atoms with Crippen LogP contribution in [0.5, 0.6) is 0 Å². The lowest BCUT2D eigenvalue weighted by atomic mass is 9.57. The summed E-state index contributed by atoms with van der Waals surface area (Å²) < 4.78 is 11.7. The van der Waals surface area contributed by atoms with Crippen LogP contribution in [0.2, 0.25) is 0 Å². The Morgan fingerprint density at radius 2 is 2.23 bits per heavy atom. The summed E-state index contributed by atoms with van der Waals surface area (Å²) in [6, 6.07) is 3.47. The minimum absolute atomic E-state index is 0.0683. The lowest BCUT2D eigenvalue weighted by Gasteiger charge is -2.58. The van der Waals surface area contributed by atoms with Gasteiger partial charge in [0, 0.05) is 38.2 Å². The van der Waals surface area contributed by atoms with E-state index in [0.717, 1.165) is 25.3 Å². The van der Waals surface area contributed by atoms with Crippen molar-refractivity contribution in [3.05, 3.63) is 23.9 Å². The normalized spacial score (nSPS) is 29.2. The van der Waals surface area contributed by atoms with Gasteiger partial charge in [-0.05, 0) is 25.0 Å². The number of rotatable bonds is 3. The van der Waals surface area contributed by atoms with Crippen molar-refractivity contribution < 1.29 is 14.3 Å². The fourth-order valence-corrected chi connectivity index (χ4v) is 3.69. The Bertz CT molecular complexity index is 571. The molecule has 3 atom stereocenters. The zero-order valence-electron chi connectivity index (χ0n) is 13.7. The first-order valence-corrected chi connectivity index (χ1v) is 7.87. The van der Waals surface area contributed by atoms with Crippen molar-refractivity contribution in [3.8, 4) is 0 Å². The van der Waals surface area contributed by atoms with Crippen LogP contribution >= 0.6 is 0 Å². The maximum Gasteiger partial charge on any atom is 0.338 e. The highest BCUT2D eigenvalue weighted by molar-refractivity contribution is 5.90. The van der Waals surface area contributed by atoms with Gasteiger partial charge in [-0.15, -0.1) is 0 Å². The third-order valence-electron chi connectivity index (χ3n) is 4.90. The molecule has 1 aromatic heterocycles. The van der Waals surface area contributed by atoms with Crippen molar-refractivity contribution in [3.63, 3.8) is 0 Å². The summed E-state index contributed by atoms with van der Waals surface area (Å²) in [7, 11) is 3.80. The summed E-state index contributed by atoms with van der Waals surface area (Å²) in [5.74, 6) is 0.816. The molecule has 1 aromatic rings. The van der Waals surface area contributed by atoms with Crippen LogP contribution in [0.15, 0.2) is 18.3 Å². The molecule has 0 unspecified atom stereocenters. The predicted molar refractivity (Wildman–Crippen MR) is 84.0 cm³/mol. The molecule has 22 heavy (non-hydrogen) atoms. The number of ether oxygens (including phenoxy) is 2. The molecule has 120 valence electrons. The molecule has 1 aliphatic heterocycles. The minimum atomic E-state index is -0.271. The molecule has 1 saturated carbocycles. The molecular formula is C17H24N2O3. The summed E-state index contributed by atoms with van der Waals surface area (Å²) >= 11 is 0. The second-order valence-electron chi connectivity index (χ2n) is 7.04. The molecule has 2 aliphatic rings. The van der Waals surface area contributed by atoms with E-state index in [4.69, 9.17) is 9.47 Å². The smallest absolute Gasteiger partial charge is 0.338 e. The predicted octanol–water partition coefficient (Wildman–Crippen LogP) is 2.51. The number of hydrogen-bond acceptors (Lipinski definition) is 5. The van der Waals surface area contributed by atoms with Crippen molar-refractivity contribution in [1.82, 2.24) is 4.98 Å². The molecule has 3 rings (SSSR count). The lowest BCUT2D eigenvalue weighted by molar-refractivity contribution is -0.243. The molecule has 0 spiro atoms. The van der Waals surface area contributed by atoms with Crippen LogP contribution in [0.1, 0.15) is 37.0 Å². The monoisotopic (exact) mass is 304 g/mol. The highest BCUT2D eigenvalue weighted by Crippen LogP contribution is 2.53. The van der Waals surface area contributed by atoms with Crippen LogP contribution in [0.25, 0.3) is 0 Å². The van der Waals surface area contributed by atoms with E-state index in [1.54, 1.807) is 18.3 Å². The number of anilines is 1. The van der Waals surface area contributed by atoms with E-state index in [9.17, 15) is 4.79 Å². The Balaban J connectivity index is 1.73. The van der Waals surface area contributed by atoms with E-state index in [2.05, 4.69) is 18.8 Å². The Morgan fingerprint density at radius 3 is 2.95 bits per heavy atom. The van der Waals surface area contributed by atoms with E-state index >= 15 is 0 Å². The molecule has 2 fully saturated rings. The lowest BCUT2D eigenvalue weighted by Crippen LogP contribution is -2.65. The molecule has 0 amide bonds. The number of esters is 1. The fraction of sp³-hybridized carbons (Fsp3) is 0.647. The van der Waals surface area contributed by atoms with E-state index in [0.29, 0.717) is 11.5 Å². The topological polar surface area (TPSA) is 51.7 Å². The number of fused-ring (bicyclic) bond motifs is 1. The minimum Gasteiger partial charge on any atom is -0.458 e. The Kier molecular flexibility index (Phi) is 3.85. The van der Waals surface area contributed by atoms with Crippen molar-refractivity contribution in [2.24, 2.45) is 11.3 Å². The largest absolute Gasteiger partial charge is 0.458 e. The first-order valence-electron chi connectivity index (χ1n) is 7.87. The Labute approximate surface area is 131 Å². The third kappa shape index (κ3) is 2.47. The van der Waals surface area contributed by atoms with Crippen molar-refractivity contribution in [2.45, 2.75) is 38.9 Å². The number of nitrogens with zero attached hydrogens (tertiary/aromatic N) is 2. The van der Waals surface area contributed by atoms with Gasteiger partial charge in [-0.1, -0.05) is 13.8 Å². The number of aromatic nitrogens is 1. The first kappa shape index (κ1) is 15.3. The van der Waals surface area contributed by atoms with E-state index in [-0.39, 0.29) is 23.6 Å². The molecule has 2 heterocycles. The van der Waals surface area contributed by atoms with Gasteiger partial charge in [0.25, 0.3) is 0 Å². The van der Waals surface area contributed by atoms with Gasteiger partial charge in [0.2, 0.25) is 0 Å². The molecule has 5 heteroatoms. The van der Waals surface area contributed by atoms with Crippen LogP contribution in [0.4, 0.5) is 5.82 Å². The van der Waals surface area contributed by atoms with Crippen LogP contribution < -0.4 is 4.90 Å². The number of carbonyl (C=O) groups is 1.